The van der Waals surface area contributed by atoms with Crippen LogP contribution >= 0.6 is 11.3 Å². The fraction of sp³-hybridized carbons (Fsp3) is 0.750. The second-order valence-corrected chi connectivity index (χ2v) is 5.54. The third kappa shape index (κ3) is 3.74. The third-order valence-electron chi connectivity index (χ3n) is 2.90. The van der Waals surface area contributed by atoms with E-state index in [4.69, 9.17) is 15.2 Å². The number of aromatic nitrogens is 1. The van der Waals surface area contributed by atoms with Crippen molar-refractivity contribution in [3.05, 3.63) is 16.1 Å². The van der Waals surface area contributed by atoms with Crippen LogP contribution in [0, 0.1) is 0 Å². The predicted octanol–water partition coefficient (Wildman–Crippen LogP) is 2.07. The van der Waals surface area contributed by atoms with Crippen LogP contribution in [0.15, 0.2) is 5.38 Å². The molecule has 2 heterocycles. The average Bonchev–Trinajstić information content (AvgIpc) is 2.73. The van der Waals surface area contributed by atoms with Crippen LogP contribution in [-0.4, -0.2) is 23.3 Å². The summed E-state index contributed by atoms with van der Waals surface area (Å²) in [6, 6.07) is 0. The van der Waals surface area contributed by atoms with Gasteiger partial charge in [0.1, 0.15) is 5.01 Å². The standard InChI is InChI=1S/C12H20N2O2S/c1-8-3-11(4-9(2)16-8)15-6-10-7-17-12(5-13)14-10/h7-9,11H,3-6,13H2,1-2H3. The quantitative estimate of drug-likeness (QED) is 0.896. The highest BCUT2D eigenvalue weighted by Gasteiger charge is 2.25. The number of nitrogens with two attached hydrogens (primary N) is 1. The van der Waals surface area contributed by atoms with Gasteiger partial charge in [-0.25, -0.2) is 4.98 Å². The normalized spacial score (nSPS) is 29.5. The molecule has 0 radical (unpaired) electrons. The summed E-state index contributed by atoms with van der Waals surface area (Å²) >= 11 is 1.60. The summed E-state index contributed by atoms with van der Waals surface area (Å²) in [5.41, 5.74) is 6.52. The van der Waals surface area contributed by atoms with Crippen LogP contribution in [0.5, 0.6) is 0 Å². The maximum absolute atomic E-state index is 5.89. The SMILES string of the molecule is CC1CC(OCc2csc(CN)n2)CC(C)O1. The van der Waals surface area contributed by atoms with E-state index in [1.54, 1.807) is 11.3 Å². The van der Waals surface area contributed by atoms with E-state index in [1.807, 2.05) is 5.38 Å². The van der Waals surface area contributed by atoms with Crippen molar-refractivity contribution in [1.29, 1.82) is 0 Å². The van der Waals surface area contributed by atoms with E-state index in [2.05, 4.69) is 18.8 Å². The van der Waals surface area contributed by atoms with E-state index in [1.165, 1.54) is 0 Å². The molecule has 4 nitrogen and oxygen atoms in total. The van der Waals surface area contributed by atoms with Crippen LogP contribution in [0.2, 0.25) is 0 Å². The Kier molecular flexibility index (Phi) is 4.50. The van der Waals surface area contributed by atoms with Crippen molar-refractivity contribution in [3.8, 4) is 0 Å². The molecule has 2 unspecified atom stereocenters. The summed E-state index contributed by atoms with van der Waals surface area (Å²) in [5, 5.41) is 2.99. The minimum atomic E-state index is 0.289. The highest BCUT2D eigenvalue weighted by Crippen LogP contribution is 2.22. The molecule has 2 atom stereocenters. The molecule has 0 aliphatic carbocycles. The van der Waals surface area contributed by atoms with Crippen molar-refractivity contribution >= 4 is 11.3 Å². The molecule has 0 amide bonds. The van der Waals surface area contributed by atoms with E-state index >= 15 is 0 Å². The first kappa shape index (κ1) is 13.0. The molecule has 2 rings (SSSR count). The minimum Gasteiger partial charge on any atom is -0.375 e. The molecule has 1 fully saturated rings. The Labute approximate surface area is 106 Å². The molecule has 96 valence electrons. The molecular formula is C12H20N2O2S. The van der Waals surface area contributed by atoms with Crippen LogP contribution in [0.1, 0.15) is 37.4 Å². The van der Waals surface area contributed by atoms with Crippen molar-refractivity contribution in [1.82, 2.24) is 4.98 Å². The number of hydrogen-bond acceptors (Lipinski definition) is 5. The van der Waals surface area contributed by atoms with Gasteiger partial charge < -0.3 is 15.2 Å². The summed E-state index contributed by atoms with van der Waals surface area (Å²) in [6.45, 7) is 5.29. The van der Waals surface area contributed by atoms with Gasteiger partial charge in [-0.3, -0.25) is 0 Å². The van der Waals surface area contributed by atoms with Gasteiger partial charge in [-0.1, -0.05) is 0 Å². The largest absolute Gasteiger partial charge is 0.375 e. The zero-order valence-corrected chi connectivity index (χ0v) is 11.2. The smallest absolute Gasteiger partial charge is 0.107 e. The Bertz CT molecular complexity index is 346. The molecule has 17 heavy (non-hydrogen) atoms. The predicted molar refractivity (Wildman–Crippen MR) is 67.8 cm³/mol. The summed E-state index contributed by atoms with van der Waals surface area (Å²) in [7, 11) is 0. The molecule has 5 heteroatoms. The van der Waals surface area contributed by atoms with Gasteiger partial charge >= 0.3 is 0 Å². The summed E-state index contributed by atoms with van der Waals surface area (Å²) in [4.78, 5) is 4.39. The topological polar surface area (TPSA) is 57.4 Å². The average molecular weight is 256 g/mol. The Balaban J connectivity index is 1.81. The Hall–Kier alpha value is -0.490. The van der Waals surface area contributed by atoms with E-state index in [0.717, 1.165) is 23.5 Å². The summed E-state index contributed by atoms with van der Waals surface area (Å²) in [5.74, 6) is 0. The molecule has 0 saturated carbocycles. The first-order chi connectivity index (χ1) is 8.17. The van der Waals surface area contributed by atoms with Crippen molar-refractivity contribution in [3.63, 3.8) is 0 Å². The Morgan fingerprint density at radius 3 is 2.76 bits per heavy atom. The van der Waals surface area contributed by atoms with Gasteiger partial charge in [-0.15, -0.1) is 11.3 Å². The maximum Gasteiger partial charge on any atom is 0.107 e. The third-order valence-corrected chi connectivity index (χ3v) is 3.82. The van der Waals surface area contributed by atoms with Crippen molar-refractivity contribution in [2.45, 2.75) is 58.2 Å². The Morgan fingerprint density at radius 1 is 1.47 bits per heavy atom. The van der Waals surface area contributed by atoms with Gasteiger partial charge in [0.05, 0.1) is 30.6 Å². The first-order valence-corrected chi connectivity index (χ1v) is 6.95. The lowest BCUT2D eigenvalue weighted by atomic mass is 10.0. The molecule has 1 saturated heterocycles. The first-order valence-electron chi connectivity index (χ1n) is 6.07. The van der Waals surface area contributed by atoms with Gasteiger partial charge in [-0.2, -0.15) is 0 Å². The van der Waals surface area contributed by atoms with Crippen LogP contribution in [0.3, 0.4) is 0 Å². The lowest BCUT2D eigenvalue weighted by Gasteiger charge is -2.31. The molecular weight excluding hydrogens is 236 g/mol. The molecule has 0 aromatic carbocycles. The summed E-state index contributed by atoms with van der Waals surface area (Å²) in [6.07, 6.45) is 2.81. The number of rotatable bonds is 4. The van der Waals surface area contributed by atoms with Gasteiger partial charge in [0.2, 0.25) is 0 Å². The molecule has 0 spiro atoms. The maximum atomic E-state index is 5.89. The zero-order chi connectivity index (χ0) is 12.3. The van der Waals surface area contributed by atoms with Crippen LogP contribution in [-0.2, 0) is 22.6 Å². The highest BCUT2D eigenvalue weighted by molar-refractivity contribution is 7.09. The number of thiazole rings is 1. The van der Waals surface area contributed by atoms with Gasteiger partial charge in [0, 0.05) is 11.9 Å². The van der Waals surface area contributed by atoms with E-state index in [0.29, 0.717) is 25.4 Å². The number of ether oxygens (including phenoxy) is 2. The van der Waals surface area contributed by atoms with Crippen molar-refractivity contribution in [2.24, 2.45) is 5.73 Å². The lowest BCUT2D eigenvalue weighted by molar-refractivity contribution is -0.106. The minimum absolute atomic E-state index is 0.289. The highest BCUT2D eigenvalue weighted by atomic mass is 32.1. The lowest BCUT2D eigenvalue weighted by Crippen LogP contribution is -2.34. The zero-order valence-electron chi connectivity index (χ0n) is 10.4. The number of hydrogen-bond donors (Lipinski definition) is 1. The van der Waals surface area contributed by atoms with Gasteiger partial charge in [-0.05, 0) is 26.7 Å². The van der Waals surface area contributed by atoms with Gasteiger partial charge in [0.25, 0.3) is 0 Å². The monoisotopic (exact) mass is 256 g/mol. The Morgan fingerprint density at radius 2 is 2.18 bits per heavy atom. The molecule has 0 bridgehead atoms. The fourth-order valence-electron chi connectivity index (χ4n) is 2.19. The summed E-state index contributed by atoms with van der Waals surface area (Å²) < 4.78 is 11.6. The fourth-order valence-corrected chi connectivity index (χ4v) is 2.85. The second-order valence-electron chi connectivity index (χ2n) is 4.60. The molecule has 1 aromatic rings. The molecule has 1 aliphatic rings. The van der Waals surface area contributed by atoms with Crippen LogP contribution in [0.4, 0.5) is 0 Å². The molecule has 2 N–H and O–H groups in total. The molecule has 1 aliphatic heterocycles. The van der Waals surface area contributed by atoms with E-state index in [9.17, 15) is 0 Å². The second kappa shape index (κ2) is 5.91. The van der Waals surface area contributed by atoms with Gasteiger partial charge in [0.15, 0.2) is 0 Å². The number of nitrogens with zero attached hydrogens (tertiary/aromatic N) is 1. The van der Waals surface area contributed by atoms with Crippen LogP contribution in [0.25, 0.3) is 0 Å². The van der Waals surface area contributed by atoms with Crippen molar-refractivity contribution in [2.75, 3.05) is 0 Å². The van der Waals surface area contributed by atoms with Crippen molar-refractivity contribution < 1.29 is 9.47 Å². The molecule has 1 aromatic heterocycles. The van der Waals surface area contributed by atoms with E-state index < -0.39 is 0 Å². The van der Waals surface area contributed by atoms with E-state index in [-0.39, 0.29) is 6.10 Å². The van der Waals surface area contributed by atoms with Crippen LogP contribution < -0.4 is 5.73 Å².